The first kappa shape index (κ1) is 22.2. The molecule has 31 heavy (non-hydrogen) atoms. The number of carboxylic acids is 1. The van der Waals surface area contributed by atoms with Gasteiger partial charge in [0.2, 0.25) is 0 Å². The lowest BCUT2D eigenvalue weighted by Gasteiger charge is -2.12. The van der Waals surface area contributed by atoms with Crippen molar-refractivity contribution in [2.24, 2.45) is 0 Å². The van der Waals surface area contributed by atoms with Crippen LogP contribution in [-0.2, 0) is 22.9 Å². The normalized spacial score (nSPS) is 11.0. The van der Waals surface area contributed by atoms with Gasteiger partial charge in [-0.1, -0.05) is 24.3 Å². The maximum Gasteiger partial charge on any atom is 0.335 e. The zero-order chi connectivity index (χ0) is 22.4. The van der Waals surface area contributed by atoms with E-state index in [1.165, 1.54) is 32.4 Å². The Morgan fingerprint density at radius 3 is 2.16 bits per heavy atom. The molecule has 8 heteroatoms. The molecule has 0 aliphatic carbocycles. The van der Waals surface area contributed by atoms with Crippen molar-refractivity contribution in [1.29, 1.82) is 0 Å². The average molecular weight is 442 g/mol. The second kappa shape index (κ2) is 9.53. The smallest absolute Gasteiger partial charge is 0.335 e. The number of aryl methyl sites for hydroxylation is 2. The van der Waals surface area contributed by atoms with Gasteiger partial charge in [0.1, 0.15) is 0 Å². The standard InChI is InChI=1S/C23H23NO6S/c1-29-21-12-11-20(15-22(21)30-2)31(27,28)24-19-8-4-6-17(14-19)10-9-16-5-3-7-18(13-16)23(25)26/h3-8,11-15,24H,9-10H2,1-2H3,(H,25,26). The monoisotopic (exact) mass is 441 g/mol. The van der Waals surface area contributed by atoms with Gasteiger partial charge >= 0.3 is 5.97 Å². The highest BCUT2D eigenvalue weighted by molar-refractivity contribution is 7.92. The largest absolute Gasteiger partial charge is 0.493 e. The van der Waals surface area contributed by atoms with Crippen molar-refractivity contribution in [3.8, 4) is 11.5 Å². The molecule has 0 atom stereocenters. The van der Waals surface area contributed by atoms with Crippen molar-refractivity contribution in [3.05, 3.63) is 83.4 Å². The number of nitrogens with one attached hydrogen (secondary N) is 1. The first-order chi connectivity index (χ1) is 14.8. The van der Waals surface area contributed by atoms with Gasteiger partial charge in [0.15, 0.2) is 11.5 Å². The van der Waals surface area contributed by atoms with E-state index in [0.717, 1.165) is 11.1 Å². The summed E-state index contributed by atoms with van der Waals surface area (Å²) < 4.78 is 38.5. The Kier molecular flexibility index (Phi) is 6.81. The molecule has 0 saturated carbocycles. The van der Waals surface area contributed by atoms with Crippen LogP contribution in [-0.4, -0.2) is 33.7 Å². The van der Waals surface area contributed by atoms with Crippen LogP contribution < -0.4 is 14.2 Å². The fraction of sp³-hybridized carbons (Fsp3) is 0.174. The molecule has 0 fully saturated rings. The molecule has 0 amide bonds. The van der Waals surface area contributed by atoms with E-state index in [-0.39, 0.29) is 10.5 Å². The minimum Gasteiger partial charge on any atom is -0.493 e. The number of rotatable bonds is 9. The van der Waals surface area contributed by atoms with Gasteiger partial charge in [-0.05, 0) is 60.4 Å². The third-order valence-corrected chi connectivity index (χ3v) is 6.10. The minimum absolute atomic E-state index is 0.0565. The number of hydrogen-bond acceptors (Lipinski definition) is 5. The summed E-state index contributed by atoms with van der Waals surface area (Å²) in [7, 11) is -0.899. The highest BCUT2D eigenvalue weighted by Gasteiger charge is 2.17. The zero-order valence-corrected chi connectivity index (χ0v) is 18.0. The zero-order valence-electron chi connectivity index (χ0n) is 17.2. The van der Waals surface area contributed by atoms with E-state index in [1.54, 1.807) is 36.4 Å². The Morgan fingerprint density at radius 1 is 0.871 bits per heavy atom. The molecular weight excluding hydrogens is 418 g/mol. The van der Waals surface area contributed by atoms with Gasteiger partial charge in [-0.25, -0.2) is 13.2 Å². The maximum absolute atomic E-state index is 12.8. The number of aromatic carboxylic acids is 1. The van der Waals surface area contributed by atoms with E-state index < -0.39 is 16.0 Å². The lowest BCUT2D eigenvalue weighted by Crippen LogP contribution is -2.13. The summed E-state index contributed by atoms with van der Waals surface area (Å²) in [6.45, 7) is 0. The number of anilines is 1. The van der Waals surface area contributed by atoms with Gasteiger partial charge < -0.3 is 14.6 Å². The number of ether oxygens (including phenoxy) is 2. The molecule has 2 N–H and O–H groups in total. The maximum atomic E-state index is 12.8. The predicted octanol–water partition coefficient (Wildman–Crippen LogP) is 3.99. The summed E-state index contributed by atoms with van der Waals surface area (Å²) in [5.74, 6) is -0.202. The quantitative estimate of drug-likeness (QED) is 0.521. The lowest BCUT2D eigenvalue weighted by molar-refractivity contribution is 0.0696. The van der Waals surface area contributed by atoms with E-state index in [9.17, 15) is 13.2 Å². The van der Waals surface area contributed by atoms with Crippen LogP contribution in [0.2, 0.25) is 0 Å². The number of benzene rings is 3. The molecule has 0 radical (unpaired) electrons. The molecule has 0 saturated heterocycles. The van der Waals surface area contributed by atoms with Crippen LogP contribution >= 0.6 is 0 Å². The molecule has 3 rings (SSSR count). The molecule has 0 spiro atoms. The van der Waals surface area contributed by atoms with Gasteiger partial charge in [-0.3, -0.25) is 4.72 Å². The molecule has 3 aromatic carbocycles. The van der Waals surface area contributed by atoms with Gasteiger partial charge in [-0.15, -0.1) is 0 Å². The fourth-order valence-corrected chi connectivity index (χ4v) is 4.20. The first-order valence-corrected chi connectivity index (χ1v) is 11.0. The lowest BCUT2D eigenvalue weighted by atomic mass is 10.0. The van der Waals surface area contributed by atoms with E-state index in [4.69, 9.17) is 14.6 Å². The molecule has 0 unspecified atom stereocenters. The van der Waals surface area contributed by atoms with Crippen molar-refractivity contribution in [2.45, 2.75) is 17.7 Å². The molecule has 0 aliphatic heterocycles. The van der Waals surface area contributed by atoms with E-state index >= 15 is 0 Å². The second-order valence-corrected chi connectivity index (χ2v) is 8.51. The molecule has 0 heterocycles. The summed E-state index contributed by atoms with van der Waals surface area (Å²) >= 11 is 0. The summed E-state index contributed by atoms with van der Waals surface area (Å²) in [5.41, 5.74) is 2.50. The van der Waals surface area contributed by atoms with Gasteiger partial charge in [0.05, 0.1) is 24.7 Å². The Balaban J connectivity index is 1.74. The number of carboxylic acid groups (broad SMARTS) is 1. The summed E-state index contributed by atoms with van der Waals surface area (Å²) in [6.07, 6.45) is 1.27. The van der Waals surface area contributed by atoms with Crippen LogP contribution in [0, 0.1) is 0 Å². The van der Waals surface area contributed by atoms with Crippen molar-refractivity contribution < 1.29 is 27.8 Å². The molecule has 0 aromatic heterocycles. The minimum atomic E-state index is -3.82. The SMILES string of the molecule is COc1ccc(S(=O)(=O)Nc2cccc(CCc3cccc(C(=O)O)c3)c2)cc1OC. The van der Waals surface area contributed by atoms with Crippen LogP contribution in [0.5, 0.6) is 11.5 Å². The average Bonchev–Trinajstić information content (AvgIpc) is 2.77. The molecule has 0 bridgehead atoms. The summed E-state index contributed by atoms with van der Waals surface area (Å²) in [6, 6.07) is 18.3. The van der Waals surface area contributed by atoms with Crippen LogP contribution in [0.15, 0.2) is 71.6 Å². The molecule has 0 aliphatic rings. The van der Waals surface area contributed by atoms with Crippen molar-refractivity contribution in [3.63, 3.8) is 0 Å². The summed E-state index contributed by atoms with van der Waals surface area (Å²) in [5, 5.41) is 9.12. The highest BCUT2D eigenvalue weighted by Crippen LogP contribution is 2.30. The third kappa shape index (κ3) is 5.55. The van der Waals surface area contributed by atoms with E-state index in [2.05, 4.69) is 4.72 Å². The van der Waals surface area contributed by atoms with Crippen molar-refractivity contribution >= 4 is 21.7 Å². The highest BCUT2D eigenvalue weighted by atomic mass is 32.2. The third-order valence-electron chi connectivity index (χ3n) is 4.72. The van der Waals surface area contributed by atoms with Crippen LogP contribution in [0.4, 0.5) is 5.69 Å². The van der Waals surface area contributed by atoms with Crippen LogP contribution in [0.25, 0.3) is 0 Å². The number of hydrogen-bond donors (Lipinski definition) is 2. The van der Waals surface area contributed by atoms with Crippen molar-refractivity contribution in [2.75, 3.05) is 18.9 Å². The van der Waals surface area contributed by atoms with E-state index in [1.807, 2.05) is 12.1 Å². The Morgan fingerprint density at radius 2 is 1.52 bits per heavy atom. The fourth-order valence-electron chi connectivity index (χ4n) is 3.14. The van der Waals surface area contributed by atoms with Gasteiger partial charge in [-0.2, -0.15) is 0 Å². The van der Waals surface area contributed by atoms with Gasteiger partial charge in [0, 0.05) is 11.8 Å². The second-order valence-electron chi connectivity index (χ2n) is 6.83. The molecule has 3 aromatic rings. The Bertz CT molecular complexity index is 1190. The van der Waals surface area contributed by atoms with E-state index in [0.29, 0.717) is 30.0 Å². The first-order valence-electron chi connectivity index (χ1n) is 9.48. The molecule has 7 nitrogen and oxygen atoms in total. The molecule has 162 valence electrons. The van der Waals surface area contributed by atoms with Gasteiger partial charge in [0.25, 0.3) is 10.0 Å². The van der Waals surface area contributed by atoms with Crippen LogP contribution in [0.3, 0.4) is 0 Å². The van der Waals surface area contributed by atoms with Crippen LogP contribution in [0.1, 0.15) is 21.5 Å². The summed E-state index contributed by atoms with van der Waals surface area (Å²) in [4.78, 5) is 11.2. The predicted molar refractivity (Wildman–Crippen MR) is 118 cm³/mol. The Hall–Kier alpha value is -3.52. The van der Waals surface area contributed by atoms with Crippen molar-refractivity contribution in [1.82, 2.24) is 0 Å². The topological polar surface area (TPSA) is 102 Å². The number of methoxy groups -OCH3 is 2. The molecular formula is C23H23NO6S. The number of sulfonamides is 1. The Labute approximate surface area is 181 Å². The number of carbonyl (C=O) groups is 1.